The van der Waals surface area contributed by atoms with Crippen LogP contribution < -0.4 is 0 Å². The number of hydrogen-bond donors (Lipinski definition) is 0. The third kappa shape index (κ3) is 31.6. The monoisotopic (exact) mass is 517 g/mol. The maximum absolute atomic E-state index is 4.34. The average Bonchev–Trinajstić information content (AvgIpc) is 2.89. The minimum absolute atomic E-state index is 1.28. The minimum Gasteiger partial charge on any atom is -0.0999 e. The van der Waals surface area contributed by atoms with Gasteiger partial charge in [-0.2, -0.15) is 0 Å². The van der Waals surface area contributed by atoms with E-state index in [2.05, 4.69) is 27.0 Å². The van der Waals surface area contributed by atoms with E-state index in [1.807, 2.05) is 0 Å². The first-order chi connectivity index (χ1) is 18.2. The molecule has 0 aromatic heterocycles. The van der Waals surface area contributed by atoms with Crippen LogP contribution in [-0.2, 0) is 0 Å². The average molecular weight is 517 g/mol. The van der Waals surface area contributed by atoms with Gasteiger partial charge in [0.2, 0.25) is 0 Å². The fourth-order valence-corrected chi connectivity index (χ4v) is 5.61. The van der Waals surface area contributed by atoms with Gasteiger partial charge in [0.1, 0.15) is 0 Å². The van der Waals surface area contributed by atoms with E-state index in [0.29, 0.717) is 0 Å². The summed E-state index contributed by atoms with van der Waals surface area (Å²) in [6.07, 6.45) is 43.5. The van der Waals surface area contributed by atoms with Crippen LogP contribution in [0.1, 0.15) is 213 Å². The lowest BCUT2D eigenvalue weighted by Crippen LogP contribution is -1.87. The van der Waals surface area contributed by atoms with Crippen LogP contribution in [0, 0.1) is 0 Å². The SMILES string of the molecule is C=C(CCCCCCCCCC)CCCCCCCCCCCCCC(=C)CCCCCCCCCC. The molecule has 0 saturated carbocycles. The highest BCUT2D eigenvalue weighted by Gasteiger charge is 1.99. The van der Waals surface area contributed by atoms with E-state index in [1.54, 1.807) is 0 Å². The van der Waals surface area contributed by atoms with E-state index in [9.17, 15) is 0 Å². The second-order valence-electron chi connectivity index (χ2n) is 12.3. The summed E-state index contributed by atoms with van der Waals surface area (Å²) in [6, 6.07) is 0. The van der Waals surface area contributed by atoms with Crippen molar-refractivity contribution in [2.75, 3.05) is 0 Å². The molecule has 0 spiro atoms. The van der Waals surface area contributed by atoms with Crippen LogP contribution >= 0.6 is 0 Å². The van der Waals surface area contributed by atoms with E-state index in [-0.39, 0.29) is 0 Å². The molecule has 0 fully saturated rings. The molecule has 0 unspecified atom stereocenters. The molecule has 0 aliphatic heterocycles. The van der Waals surface area contributed by atoms with Crippen molar-refractivity contribution < 1.29 is 0 Å². The molecule has 220 valence electrons. The smallest absolute Gasteiger partial charge is 0.0323 e. The zero-order chi connectivity index (χ0) is 27.1. The number of hydrogen-bond acceptors (Lipinski definition) is 0. The number of allylic oxidation sites excluding steroid dienone is 2. The van der Waals surface area contributed by atoms with Crippen LogP contribution in [0.5, 0.6) is 0 Å². The van der Waals surface area contributed by atoms with E-state index < -0.39 is 0 Å². The Hall–Kier alpha value is -0.520. The van der Waals surface area contributed by atoms with Crippen LogP contribution in [0.3, 0.4) is 0 Å². The molecule has 0 heteroatoms. The Morgan fingerprint density at radius 2 is 0.432 bits per heavy atom. The maximum atomic E-state index is 4.34. The molecule has 0 saturated heterocycles. The molecule has 0 radical (unpaired) electrons. The van der Waals surface area contributed by atoms with Crippen molar-refractivity contribution in [1.82, 2.24) is 0 Å². The summed E-state index contributed by atoms with van der Waals surface area (Å²) in [7, 11) is 0. The Bertz CT molecular complexity index is 417. The standard InChI is InChI=1S/C37H72/c1-5-7-9-11-13-20-24-28-32-36(3)34-30-26-22-18-16-15-17-19-23-27-31-35-37(4)33-29-25-21-14-12-10-8-6-2/h3-35H2,1-2H3. The number of unbranched alkanes of at least 4 members (excludes halogenated alkanes) is 24. The molecular formula is C37H72. The lowest BCUT2D eigenvalue weighted by Gasteiger charge is -2.07. The van der Waals surface area contributed by atoms with E-state index in [0.717, 1.165) is 0 Å². The molecule has 0 nitrogen and oxygen atoms in total. The Morgan fingerprint density at radius 3 is 0.622 bits per heavy atom. The normalized spacial score (nSPS) is 11.3. The zero-order valence-corrected chi connectivity index (χ0v) is 26.3. The maximum Gasteiger partial charge on any atom is -0.0323 e. The van der Waals surface area contributed by atoms with Crippen molar-refractivity contribution in [2.45, 2.75) is 213 Å². The van der Waals surface area contributed by atoms with Gasteiger partial charge in [0.05, 0.1) is 0 Å². The molecule has 0 amide bonds. The Balaban J connectivity index is 3.21. The summed E-state index contributed by atoms with van der Waals surface area (Å²) in [5.41, 5.74) is 3.03. The molecule has 0 aromatic carbocycles. The molecule has 0 aromatic rings. The summed E-state index contributed by atoms with van der Waals surface area (Å²) < 4.78 is 0. The lowest BCUT2D eigenvalue weighted by atomic mass is 9.99. The van der Waals surface area contributed by atoms with Gasteiger partial charge in [0.15, 0.2) is 0 Å². The molecule has 0 bridgehead atoms. The first-order valence-electron chi connectivity index (χ1n) is 17.5. The van der Waals surface area contributed by atoms with Gasteiger partial charge < -0.3 is 0 Å². The molecule has 0 atom stereocenters. The summed E-state index contributed by atoms with van der Waals surface area (Å²) in [5, 5.41) is 0. The van der Waals surface area contributed by atoms with Gasteiger partial charge >= 0.3 is 0 Å². The molecule has 0 aliphatic carbocycles. The molecule has 0 rings (SSSR count). The van der Waals surface area contributed by atoms with Gasteiger partial charge in [-0.1, -0.05) is 186 Å². The van der Waals surface area contributed by atoms with Crippen molar-refractivity contribution in [3.63, 3.8) is 0 Å². The molecule has 0 heterocycles. The van der Waals surface area contributed by atoms with Crippen LogP contribution in [0.25, 0.3) is 0 Å². The van der Waals surface area contributed by atoms with Gasteiger partial charge in [0.25, 0.3) is 0 Å². The second-order valence-corrected chi connectivity index (χ2v) is 12.3. The molecule has 0 N–H and O–H groups in total. The van der Waals surface area contributed by atoms with E-state index in [1.165, 1.54) is 210 Å². The lowest BCUT2D eigenvalue weighted by molar-refractivity contribution is 0.540. The zero-order valence-electron chi connectivity index (χ0n) is 26.3. The fraction of sp³-hybridized carbons (Fsp3) is 0.892. The topological polar surface area (TPSA) is 0 Å². The summed E-state index contributed by atoms with van der Waals surface area (Å²) >= 11 is 0. The summed E-state index contributed by atoms with van der Waals surface area (Å²) in [6.45, 7) is 13.3. The molecule has 37 heavy (non-hydrogen) atoms. The van der Waals surface area contributed by atoms with Crippen LogP contribution in [0.15, 0.2) is 24.3 Å². The van der Waals surface area contributed by atoms with Crippen molar-refractivity contribution in [3.05, 3.63) is 24.3 Å². The van der Waals surface area contributed by atoms with Crippen LogP contribution in [0.4, 0.5) is 0 Å². The third-order valence-electron chi connectivity index (χ3n) is 8.33. The van der Waals surface area contributed by atoms with Crippen LogP contribution in [0.2, 0.25) is 0 Å². The highest BCUT2D eigenvalue weighted by molar-refractivity contribution is 4.94. The summed E-state index contributed by atoms with van der Waals surface area (Å²) in [5.74, 6) is 0. The van der Waals surface area contributed by atoms with Gasteiger partial charge in [-0.15, -0.1) is 0 Å². The van der Waals surface area contributed by atoms with E-state index >= 15 is 0 Å². The predicted molar refractivity (Wildman–Crippen MR) is 173 cm³/mol. The molecular weight excluding hydrogens is 444 g/mol. The fourth-order valence-electron chi connectivity index (χ4n) is 5.61. The van der Waals surface area contributed by atoms with Crippen LogP contribution in [-0.4, -0.2) is 0 Å². The first-order valence-corrected chi connectivity index (χ1v) is 17.5. The Morgan fingerprint density at radius 1 is 0.270 bits per heavy atom. The quantitative estimate of drug-likeness (QED) is 0.0616. The van der Waals surface area contributed by atoms with Crippen molar-refractivity contribution in [3.8, 4) is 0 Å². The van der Waals surface area contributed by atoms with Gasteiger partial charge in [-0.3, -0.25) is 0 Å². The van der Waals surface area contributed by atoms with Crippen molar-refractivity contribution in [2.24, 2.45) is 0 Å². The third-order valence-corrected chi connectivity index (χ3v) is 8.33. The van der Waals surface area contributed by atoms with Crippen molar-refractivity contribution >= 4 is 0 Å². The van der Waals surface area contributed by atoms with Gasteiger partial charge in [-0.25, -0.2) is 0 Å². The predicted octanol–water partition coefficient (Wildman–Crippen LogP) is 14.2. The Labute approximate surface area is 236 Å². The van der Waals surface area contributed by atoms with Gasteiger partial charge in [-0.05, 0) is 51.4 Å². The number of rotatable bonds is 32. The van der Waals surface area contributed by atoms with E-state index in [4.69, 9.17) is 0 Å². The van der Waals surface area contributed by atoms with Gasteiger partial charge in [0, 0.05) is 0 Å². The molecule has 0 aliphatic rings. The Kier molecular flexibility index (Phi) is 31.3. The largest absolute Gasteiger partial charge is 0.0999 e. The summed E-state index contributed by atoms with van der Waals surface area (Å²) in [4.78, 5) is 0. The van der Waals surface area contributed by atoms with Crippen molar-refractivity contribution in [1.29, 1.82) is 0 Å². The minimum atomic E-state index is 1.28. The highest BCUT2D eigenvalue weighted by atomic mass is 14.1. The second kappa shape index (κ2) is 31.7. The highest BCUT2D eigenvalue weighted by Crippen LogP contribution is 2.19. The first kappa shape index (κ1) is 36.5.